The first-order valence-corrected chi connectivity index (χ1v) is 9.35. The lowest BCUT2D eigenvalue weighted by atomic mass is 10.2. The molecule has 26 heavy (non-hydrogen) atoms. The van der Waals surface area contributed by atoms with Crippen LogP contribution < -0.4 is 14.8 Å². The molecular weight excluding hydrogens is 396 g/mol. The smallest absolute Gasteiger partial charge is 0.244 e. The molecule has 3 aromatic rings. The molecule has 0 saturated carbocycles. The highest BCUT2D eigenvalue weighted by Gasteiger charge is 2.15. The Labute approximate surface area is 160 Å². The van der Waals surface area contributed by atoms with E-state index in [1.165, 1.54) is 0 Å². The predicted octanol–water partition coefficient (Wildman–Crippen LogP) is 4.51. The molecule has 0 spiro atoms. The van der Waals surface area contributed by atoms with Crippen LogP contribution in [0.2, 0.25) is 0 Å². The lowest BCUT2D eigenvalue weighted by Gasteiger charge is -2.12. The predicted molar refractivity (Wildman–Crippen MR) is 105 cm³/mol. The highest BCUT2D eigenvalue weighted by molar-refractivity contribution is 9.10. The van der Waals surface area contributed by atoms with Gasteiger partial charge in [0.15, 0.2) is 11.5 Å². The van der Waals surface area contributed by atoms with Crippen LogP contribution in [0.3, 0.4) is 0 Å². The second-order valence-electron chi connectivity index (χ2n) is 6.26. The van der Waals surface area contributed by atoms with E-state index in [0.29, 0.717) is 24.7 Å². The molecule has 0 radical (unpaired) electrons. The topological polar surface area (TPSA) is 52.5 Å². The van der Waals surface area contributed by atoms with Gasteiger partial charge in [0.2, 0.25) is 5.91 Å². The molecule has 1 aromatic heterocycles. The molecule has 0 unspecified atom stereocenters. The number of hydrogen-bond acceptors (Lipinski definition) is 3. The van der Waals surface area contributed by atoms with Crippen LogP contribution in [0, 0.1) is 6.92 Å². The quantitative estimate of drug-likeness (QED) is 0.685. The molecule has 2 aromatic carbocycles. The van der Waals surface area contributed by atoms with Crippen LogP contribution in [0.25, 0.3) is 10.9 Å². The minimum Gasteiger partial charge on any atom is -0.490 e. The van der Waals surface area contributed by atoms with Gasteiger partial charge in [-0.15, -0.1) is 0 Å². The number of nitrogens with zero attached hydrogens (tertiary/aromatic N) is 1. The average molecular weight is 415 g/mol. The van der Waals surface area contributed by atoms with Gasteiger partial charge in [-0.05, 0) is 41.1 Å². The van der Waals surface area contributed by atoms with Gasteiger partial charge in [0.1, 0.15) is 6.54 Å². The first-order valence-electron chi connectivity index (χ1n) is 8.56. The summed E-state index contributed by atoms with van der Waals surface area (Å²) >= 11 is 3.62. The molecule has 6 heteroatoms. The summed E-state index contributed by atoms with van der Waals surface area (Å²) in [6.07, 6.45) is 0.852. The van der Waals surface area contributed by atoms with Crippen molar-refractivity contribution in [1.82, 2.24) is 4.57 Å². The number of hydrogen-bond donors (Lipinski definition) is 1. The molecule has 0 aliphatic carbocycles. The zero-order valence-electron chi connectivity index (χ0n) is 14.4. The minimum absolute atomic E-state index is 0.0872. The monoisotopic (exact) mass is 414 g/mol. The van der Waals surface area contributed by atoms with Gasteiger partial charge in [0.25, 0.3) is 0 Å². The highest BCUT2D eigenvalue weighted by Crippen LogP contribution is 2.33. The van der Waals surface area contributed by atoms with Crippen LogP contribution in [0.5, 0.6) is 11.5 Å². The van der Waals surface area contributed by atoms with Crippen molar-refractivity contribution < 1.29 is 14.3 Å². The number of aromatic nitrogens is 1. The molecule has 0 saturated heterocycles. The zero-order chi connectivity index (χ0) is 18.1. The molecule has 0 atom stereocenters. The van der Waals surface area contributed by atoms with Gasteiger partial charge in [-0.3, -0.25) is 4.79 Å². The van der Waals surface area contributed by atoms with E-state index in [1.54, 1.807) is 0 Å². The number of amides is 1. The van der Waals surface area contributed by atoms with Crippen molar-refractivity contribution in [3.63, 3.8) is 0 Å². The molecule has 0 fully saturated rings. The Hall–Kier alpha value is -2.47. The maximum atomic E-state index is 12.6. The molecule has 2 heterocycles. The lowest BCUT2D eigenvalue weighted by Crippen LogP contribution is -2.19. The summed E-state index contributed by atoms with van der Waals surface area (Å²) in [6.45, 7) is 3.51. The number of carbonyl (C=O) groups excluding carboxylic acids is 1. The van der Waals surface area contributed by atoms with Gasteiger partial charge in [-0.2, -0.15) is 0 Å². The van der Waals surface area contributed by atoms with Gasteiger partial charge in [-0.1, -0.05) is 18.2 Å². The Morgan fingerprint density at radius 3 is 2.77 bits per heavy atom. The number of benzene rings is 2. The van der Waals surface area contributed by atoms with Crippen LogP contribution in [-0.4, -0.2) is 23.7 Å². The lowest BCUT2D eigenvalue weighted by molar-refractivity contribution is -0.116. The largest absolute Gasteiger partial charge is 0.490 e. The second-order valence-corrected chi connectivity index (χ2v) is 7.06. The molecule has 5 nitrogen and oxygen atoms in total. The van der Waals surface area contributed by atoms with Crippen LogP contribution in [0.15, 0.2) is 46.9 Å². The summed E-state index contributed by atoms with van der Waals surface area (Å²) in [4.78, 5) is 12.6. The number of ether oxygens (including phenoxy) is 2. The van der Waals surface area contributed by atoms with Gasteiger partial charge in [-0.25, -0.2) is 0 Å². The van der Waals surface area contributed by atoms with Gasteiger partial charge in [0.05, 0.1) is 13.2 Å². The van der Waals surface area contributed by atoms with Crippen LogP contribution in [-0.2, 0) is 11.3 Å². The third-order valence-electron chi connectivity index (χ3n) is 4.49. The molecular formula is C20H19BrN2O3. The Kier molecular flexibility index (Phi) is 4.59. The third-order valence-corrected chi connectivity index (χ3v) is 5.49. The van der Waals surface area contributed by atoms with E-state index in [4.69, 9.17) is 9.47 Å². The maximum Gasteiger partial charge on any atom is 0.244 e. The van der Waals surface area contributed by atoms with Gasteiger partial charge in [0, 0.05) is 39.2 Å². The van der Waals surface area contributed by atoms with E-state index in [-0.39, 0.29) is 12.5 Å². The van der Waals surface area contributed by atoms with Crippen molar-refractivity contribution >= 4 is 38.4 Å². The number of anilines is 1. The number of fused-ring (bicyclic) bond motifs is 2. The van der Waals surface area contributed by atoms with Crippen molar-refractivity contribution in [1.29, 1.82) is 0 Å². The van der Waals surface area contributed by atoms with Crippen molar-refractivity contribution in [3.05, 3.63) is 52.6 Å². The summed E-state index contributed by atoms with van der Waals surface area (Å²) in [5.41, 5.74) is 2.76. The first kappa shape index (κ1) is 17.0. The Morgan fingerprint density at radius 1 is 1.15 bits per heavy atom. The Morgan fingerprint density at radius 2 is 1.92 bits per heavy atom. The number of para-hydroxylation sites is 1. The SMILES string of the molecule is Cc1c(Br)c2ccccc2n1CC(=O)Nc1ccc2c(c1)OCCCO2. The van der Waals surface area contributed by atoms with Crippen molar-refractivity contribution in [2.75, 3.05) is 18.5 Å². The zero-order valence-corrected chi connectivity index (χ0v) is 16.0. The molecule has 1 amide bonds. The summed E-state index contributed by atoms with van der Waals surface area (Å²) in [5.74, 6) is 1.30. The van der Waals surface area contributed by atoms with Crippen LogP contribution in [0.4, 0.5) is 5.69 Å². The summed E-state index contributed by atoms with van der Waals surface area (Å²) in [6, 6.07) is 13.5. The van der Waals surface area contributed by atoms with E-state index in [1.807, 2.05) is 54.0 Å². The number of nitrogens with one attached hydrogen (secondary N) is 1. The van der Waals surface area contributed by atoms with E-state index < -0.39 is 0 Å². The van der Waals surface area contributed by atoms with E-state index in [2.05, 4.69) is 21.2 Å². The van der Waals surface area contributed by atoms with Crippen molar-refractivity contribution in [3.8, 4) is 11.5 Å². The van der Waals surface area contributed by atoms with E-state index in [9.17, 15) is 4.79 Å². The molecule has 134 valence electrons. The molecule has 1 aliphatic rings. The average Bonchev–Trinajstić information content (AvgIpc) is 2.82. The second kappa shape index (κ2) is 7.03. The van der Waals surface area contributed by atoms with Crippen molar-refractivity contribution in [2.45, 2.75) is 19.9 Å². The minimum atomic E-state index is -0.0872. The first-order chi connectivity index (χ1) is 12.6. The fourth-order valence-corrected chi connectivity index (χ4v) is 3.73. The Bertz CT molecular complexity index is 981. The third kappa shape index (κ3) is 3.17. The molecule has 4 rings (SSSR count). The normalized spacial score (nSPS) is 13.5. The Balaban J connectivity index is 1.55. The van der Waals surface area contributed by atoms with E-state index in [0.717, 1.165) is 33.2 Å². The number of halogens is 1. The van der Waals surface area contributed by atoms with Crippen molar-refractivity contribution in [2.24, 2.45) is 0 Å². The van der Waals surface area contributed by atoms with Crippen LogP contribution in [0.1, 0.15) is 12.1 Å². The van der Waals surface area contributed by atoms with E-state index >= 15 is 0 Å². The number of carbonyl (C=O) groups is 1. The molecule has 1 aliphatic heterocycles. The maximum absolute atomic E-state index is 12.6. The fourth-order valence-electron chi connectivity index (χ4n) is 3.18. The fraction of sp³-hybridized carbons (Fsp3) is 0.250. The van der Waals surface area contributed by atoms with Gasteiger partial charge < -0.3 is 19.4 Å². The molecule has 1 N–H and O–H groups in total. The summed E-state index contributed by atoms with van der Waals surface area (Å²) in [5, 5.41) is 4.06. The standard InChI is InChI=1S/C20H19BrN2O3/c1-13-20(21)15-5-2-3-6-16(15)23(13)12-19(24)22-14-7-8-17-18(11-14)26-10-4-9-25-17/h2-3,5-8,11H,4,9-10,12H2,1H3,(H,22,24). The highest BCUT2D eigenvalue weighted by atomic mass is 79.9. The van der Waals surface area contributed by atoms with Crippen LogP contribution >= 0.6 is 15.9 Å². The molecule has 0 bridgehead atoms. The van der Waals surface area contributed by atoms with Gasteiger partial charge >= 0.3 is 0 Å². The number of rotatable bonds is 3. The summed E-state index contributed by atoms with van der Waals surface area (Å²) in [7, 11) is 0. The summed E-state index contributed by atoms with van der Waals surface area (Å²) < 4.78 is 14.3.